The van der Waals surface area contributed by atoms with Crippen molar-refractivity contribution >= 4 is 42.3 Å². The van der Waals surface area contributed by atoms with Crippen LogP contribution in [0, 0.1) is 0 Å². The van der Waals surface area contributed by atoms with E-state index < -0.39 is 60.2 Å². The van der Waals surface area contributed by atoms with Gasteiger partial charge in [0.25, 0.3) is 0 Å². The van der Waals surface area contributed by atoms with E-state index in [0.29, 0.717) is 31.4 Å². The fourth-order valence-corrected chi connectivity index (χ4v) is 3.49. The topological polar surface area (TPSA) is 214 Å². The van der Waals surface area contributed by atoms with Crippen LogP contribution in [-0.2, 0) is 30.4 Å². The molecule has 4 atom stereocenters. The minimum atomic E-state index is -1.29. The molecule has 0 radical (unpaired) electrons. The van der Waals surface area contributed by atoms with E-state index >= 15 is 0 Å². The highest BCUT2D eigenvalue weighted by Gasteiger charge is 2.30. The summed E-state index contributed by atoms with van der Waals surface area (Å²) in [5.74, 6) is -4.85. The quantitative estimate of drug-likeness (QED) is 0.0925. The molecule has 0 aliphatic carbocycles. The predicted molar refractivity (Wildman–Crippen MR) is 135 cm³/mol. The Labute approximate surface area is 215 Å². The maximum absolute atomic E-state index is 13.1. The number of unbranched alkanes of at least 4 members (excludes halogenated alkanes) is 1. The molecular weight excluding hydrogens is 490 g/mol. The summed E-state index contributed by atoms with van der Waals surface area (Å²) in [7, 11) is 0. The predicted octanol–water partition coefficient (Wildman–Crippen LogP) is -0.981. The van der Waals surface area contributed by atoms with E-state index in [1.54, 1.807) is 30.3 Å². The van der Waals surface area contributed by atoms with E-state index in [9.17, 15) is 29.1 Å². The molecule has 0 heterocycles. The van der Waals surface area contributed by atoms with Crippen LogP contribution in [0.25, 0.3) is 0 Å². The molecular formula is C23H35N5O7S. The van der Waals surface area contributed by atoms with E-state index in [1.807, 2.05) is 0 Å². The number of thiol groups is 1. The third-order valence-electron chi connectivity index (χ3n) is 5.30. The molecule has 4 unspecified atom stereocenters. The third kappa shape index (κ3) is 11.5. The van der Waals surface area contributed by atoms with Gasteiger partial charge >= 0.3 is 11.9 Å². The standard InChI is InChI=1S/C23H35N5O7S/c24-11-5-4-8-15(25)20(31)26-16(9-10-19(29)30)21(32)27-17(12-14-6-2-1-3-7-14)22(33)28-18(13-36)23(34)35/h1-3,6-7,15-18,36H,4-5,8-13,24-25H2,(H,26,31)(H,27,32)(H,28,33)(H,29,30)(H,34,35). The van der Waals surface area contributed by atoms with Crippen molar-refractivity contribution in [1.29, 1.82) is 0 Å². The first-order valence-corrected chi connectivity index (χ1v) is 12.2. The summed E-state index contributed by atoms with van der Waals surface area (Å²) in [5, 5.41) is 25.6. The van der Waals surface area contributed by atoms with Crippen LogP contribution in [0.1, 0.15) is 37.7 Å². The molecule has 9 N–H and O–H groups in total. The zero-order valence-electron chi connectivity index (χ0n) is 19.9. The number of nitrogens with two attached hydrogens (primary N) is 2. The number of rotatable bonds is 17. The van der Waals surface area contributed by atoms with Crippen LogP contribution < -0.4 is 27.4 Å². The van der Waals surface area contributed by atoms with Gasteiger partial charge in [-0.05, 0) is 31.4 Å². The minimum Gasteiger partial charge on any atom is -0.481 e. The average molecular weight is 526 g/mol. The Morgan fingerprint density at radius 3 is 1.97 bits per heavy atom. The van der Waals surface area contributed by atoms with Gasteiger partial charge in [0.05, 0.1) is 6.04 Å². The smallest absolute Gasteiger partial charge is 0.327 e. The van der Waals surface area contributed by atoms with Crippen LogP contribution in [-0.4, -0.2) is 76.3 Å². The zero-order valence-corrected chi connectivity index (χ0v) is 20.8. The SMILES string of the molecule is NCCCCC(N)C(=O)NC(CCC(=O)O)C(=O)NC(Cc1ccccc1)C(=O)NC(CS)C(=O)O. The van der Waals surface area contributed by atoms with E-state index in [1.165, 1.54) is 0 Å². The van der Waals surface area contributed by atoms with Crippen LogP contribution in [0.4, 0.5) is 0 Å². The molecule has 0 fully saturated rings. The lowest BCUT2D eigenvalue weighted by atomic mass is 10.0. The molecule has 0 bridgehead atoms. The second-order valence-corrected chi connectivity index (χ2v) is 8.58. The summed E-state index contributed by atoms with van der Waals surface area (Å²) >= 11 is 3.93. The van der Waals surface area contributed by atoms with Crippen LogP contribution in [0.3, 0.4) is 0 Å². The first-order valence-electron chi connectivity index (χ1n) is 11.5. The molecule has 13 heteroatoms. The lowest BCUT2D eigenvalue weighted by Crippen LogP contribution is -2.57. The molecule has 0 saturated carbocycles. The molecule has 0 saturated heterocycles. The van der Waals surface area contributed by atoms with Gasteiger partial charge in [-0.25, -0.2) is 4.79 Å². The maximum atomic E-state index is 13.1. The lowest BCUT2D eigenvalue weighted by Gasteiger charge is -2.25. The largest absolute Gasteiger partial charge is 0.481 e. The zero-order chi connectivity index (χ0) is 27.1. The number of hydrogen-bond acceptors (Lipinski definition) is 8. The highest BCUT2D eigenvalue weighted by atomic mass is 32.1. The maximum Gasteiger partial charge on any atom is 0.327 e. The molecule has 1 aromatic carbocycles. The van der Waals surface area contributed by atoms with Crippen molar-refractivity contribution in [1.82, 2.24) is 16.0 Å². The minimum absolute atomic E-state index is 0.0233. The van der Waals surface area contributed by atoms with E-state index in [0.717, 1.165) is 0 Å². The lowest BCUT2D eigenvalue weighted by molar-refractivity contribution is -0.141. The van der Waals surface area contributed by atoms with Crippen LogP contribution in [0.2, 0.25) is 0 Å². The van der Waals surface area contributed by atoms with Gasteiger partial charge in [0, 0.05) is 18.6 Å². The number of hydrogen-bond donors (Lipinski definition) is 8. The van der Waals surface area contributed by atoms with Crippen LogP contribution >= 0.6 is 12.6 Å². The Hall–Kier alpha value is -3.16. The Kier molecular flexibility index (Phi) is 14.1. The van der Waals surface area contributed by atoms with Gasteiger partial charge < -0.3 is 37.6 Å². The van der Waals surface area contributed by atoms with Gasteiger partial charge in [0.2, 0.25) is 17.7 Å². The summed E-state index contributed by atoms with van der Waals surface area (Å²) in [4.78, 5) is 60.9. The molecule has 0 aliphatic heterocycles. The highest BCUT2D eigenvalue weighted by molar-refractivity contribution is 7.80. The third-order valence-corrected chi connectivity index (χ3v) is 5.66. The molecule has 1 rings (SSSR count). The summed E-state index contributed by atoms with van der Waals surface area (Å²) < 4.78 is 0. The van der Waals surface area contributed by atoms with Crippen LogP contribution in [0.5, 0.6) is 0 Å². The van der Waals surface area contributed by atoms with Crippen molar-refractivity contribution in [3.8, 4) is 0 Å². The summed E-state index contributed by atoms with van der Waals surface area (Å²) in [6.45, 7) is 0.443. The number of carbonyl (C=O) groups is 5. The van der Waals surface area contributed by atoms with Crippen molar-refractivity contribution in [2.75, 3.05) is 12.3 Å². The molecule has 0 aromatic heterocycles. The molecule has 0 spiro atoms. The Morgan fingerprint density at radius 1 is 0.833 bits per heavy atom. The monoisotopic (exact) mass is 525 g/mol. The number of aliphatic carboxylic acids is 2. The number of amides is 3. The van der Waals surface area contributed by atoms with Gasteiger partial charge in [-0.1, -0.05) is 36.8 Å². The fraction of sp³-hybridized carbons (Fsp3) is 0.522. The number of carboxylic acid groups (broad SMARTS) is 2. The summed E-state index contributed by atoms with van der Waals surface area (Å²) in [6.07, 6.45) is 0.967. The number of nitrogens with one attached hydrogen (secondary N) is 3. The van der Waals surface area contributed by atoms with Crippen molar-refractivity contribution in [3.05, 3.63) is 35.9 Å². The summed E-state index contributed by atoms with van der Waals surface area (Å²) in [5.41, 5.74) is 12.0. The van der Waals surface area contributed by atoms with Gasteiger partial charge in [-0.15, -0.1) is 0 Å². The molecule has 200 valence electrons. The Bertz CT molecular complexity index is 887. The van der Waals surface area contributed by atoms with Gasteiger partial charge in [0.1, 0.15) is 18.1 Å². The van der Waals surface area contributed by atoms with Gasteiger partial charge in [0.15, 0.2) is 0 Å². The average Bonchev–Trinajstić information content (AvgIpc) is 2.84. The van der Waals surface area contributed by atoms with Crippen molar-refractivity contribution < 1.29 is 34.2 Å². The second kappa shape index (κ2) is 16.5. The number of carbonyl (C=O) groups excluding carboxylic acids is 3. The summed E-state index contributed by atoms with van der Waals surface area (Å²) in [6, 6.07) is 4.01. The number of carboxylic acids is 2. The number of benzene rings is 1. The second-order valence-electron chi connectivity index (χ2n) is 8.22. The van der Waals surface area contributed by atoms with Gasteiger partial charge in [-0.3, -0.25) is 19.2 Å². The van der Waals surface area contributed by atoms with Crippen molar-refractivity contribution in [3.63, 3.8) is 0 Å². The van der Waals surface area contributed by atoms with Crippen molar-refractivity contribution in [2.45, 2.75) is 62.7 Å². The molecule has 12 nitrogen and oxygen atoms in total. The van der Waals surface area contributed by atoms with Crippen LogP contribution in [0.15, 0.2) is 30.3 Å². The molecule has 3 amide bonds. The first-order chi connectivity index (χ1) is 17.1. The van der Waals surface area contributed by atoms with Crippen molar-refractivity contribution in [2.24, 2.45) is 11.5 Å². The van der Waals surface area contributed by atoms with E-state index in [-0.39, 0.29) is 18.6 Å². The first kappa shape index (κ1) is 30.9. The Balaban J connectivity index is 3.05. The highest BCUT2D eigenvalue weighted by Crippen LogP contribution is 2.07. The fourth-order valence-electron chi connectivity index (χ4n) is 3.24. The van der Waals surface area contributed by atoms with E-state index in [2.05, 4.69) is 28.6 Å². The van der Waals surface area contributed by atoms with Gasteiger partial charge in [-0.2, -0.15) is 12.6 Å². The molecule has 36 heavy (non-hydrogen) atoms. The molecule has 0 aliphatic rings. The normalized spacial score (nSPS) is 14.1. The Morgan fingerprint density at radius 2 is 1.42 bits per heavy atom. The van der Waals surface area contributed by atoms with E-state index in [4.69, 9.17) is 16.6 Å². The molecule has 1 aromatic rings.